The average Bonchev–Trinajstić information content (AvgIpc) is 2.88. The van der Waals surface area contributed by atoms with Gasteiger partial charge in [-0.1, -0.05) is 19.1 Å². The molecular weight excluding hydrogens is 238 g/mol. The van der Waals surface area contributed by atoms with Crippen molar-refractivity contribution in [3.05, 3.63) is 30.1 Å². The first-order valence-electron chi connectivity index (χ1n) is 7.13. The fraction of sp³-hybridized carbons (Fsp3) is 0.533. The summed E-state index contributed by atoms with van der Waals surface area (Å²) >= 11 is 0. The first-order chi connectivity index (χ1) is 9.35. The van der Waals surface area contributed by atoms with Crippen molar-refractivity contribution in [2.75, 3.05) is 6.61 Å². The van der Waals surface area contributed by atoms with Crippen molar-refractivity contribution in [3.8, 4) is 0 Å². The van der Waals surface area contributed by atoms with E-state index in [9.17, 15) is 0 Å². The molecule has 2 N–H and O–H groups in total. The van der Waals surface area contributed by atoms with Gasteiger partial charge in [-0.15, -0.1) is 0 Å². The van der Waals surface area contributed by atoms with Gasteiger partial charge in [0, 0.05) is 12.6 Å². The van der Waals surface area contributed by atoms with Crippen LogP contribution in [-0.2, 0) is 11.3 Å². The molecule has 2 unspecified atom stereocenters. The van der Waals surface area contributed by atoms with Crippen LogP contribution in [0.2, 0.25) is 0 Å². The molecule has 1 fully saturated rings. The van der Waals surface area contributed by atoms with Crippen LogP contribution in [0, 0.1) is 0 Å². The Labute approximate surface area is 113 Å². The number of nitrogens with one attached hydrogen (secondary N) is 2. The molecule has 19 heavy (non-hydrogen) atoms. The summed E-state index contributed by atoms with van der Waals surface area (Å²) in [6, 6.07) is 8.70. The minimum absolute atomic E-state index is 0.418. The number of fused-ring (bicyclic) bond motifs is 1. The molecule has 4 nitrogen and oxygen atoms in total. The van der Waals surface area contributed by atoms with Gasteiger partial charge in [0.1, 0.15) is 5.82 Å². The summed E-state index contributed by atoms with van der Waals surface area (Å²) in [6.45, 7) is 3.86. The van der Waals surface area contributed by atoms with E-state index in [0.717, 1.165) is 49.3 Å². The Morgan fingerprint density at radius 3 is 3.16 bits per heavy atom. The summed E-state index contributed by atoms with van der Waals surface area (Å²) in [6.07, 6.45) is 3.72. The smallest absolute Gasteiger partial charge is 0.121 e. The summed E-state index contributed by atoms with van der Waals surface area (Å²) in [5, 5.41) is 3.59. The molecule has 0 spiro atoms. The monoisotopic (exact) mass is 259 g/mol. The van der Waals surface area contributed by atoms with Crippen LogP contribution < -0.4 is 5.32 Å². The van der Waals surface area contributed by atoms with Gasteiger partial charge in [0.15, 0.2) is 0 Å². The molecular formula is C15H21N3O. The van der Waals surface area contributed by atoms with Gasteiger partial charge in [-0.2, -0.15) is 0 Å². The predicted octanol–water partition coefficient (Wildman–Crippen LogP) is 2.61. The lowest BCUT2D eigenvalue weighted by Gasteiger charge is -2.29. The van der Waals surface area contributed by atoms with Crippen LogP contribution in [0.1, 0.15) is 32.0 Å². The highest BCUT2D eigenvalue weighted by Crippen LogP contribution is 2.17. The summed E-state index contributed by atoms with van der Waals surface area (Å²) in [5.41, 5.74) is 2.15. The van der Waals surface area contributed by atoms with E-state index in [1.165, 1.54) is 0 Å². The molecule has 0 amide bonds. The van der Waals surface area contributed by atoms with E-state index < -0.39 is 0 Å². The Morgan fingerprint density at radius 2 is 2.32 bits per heavy atom. The van der Waals surface area contributed by atoms with Gasteiger partial charge in [-0.05, 0) is 31.4 Å². The SMILES string of the molecule is CCC1CC(NCc2nc3ccccc3[nH]2)CCO1. The molecule has 0 bridgehead atoms. The zero-order valence-electron chi connectivity index (χ0n) is 11.4. The zero-order valence-corrected chi connectivity index (χ0v) is 11.4. The van der Waals surface area contributed by atoms with E-state index in [2.05, 4.69) is 28.3 Å². The lowest BCUT2D eigenvalue weighted by Crippen LogP contribution is -2.38. The van der Waals surface area contributed by atoms with Gasteiger partial charge in [0.2, 0.25) is 0 Å². The second-order valence-electron chi connectivity index (χ2n) is 5.20. The van der Waals surface area contributed by atoms with Gasteiger partial charge < -0.3 is 15.0 Å². The standard InChI is InChI=1S/C15H21N3O/c1-2-12-9-11(7-8-19-12)16-10-15-17-13-5-3-4-6-14(13)18-15/h3-6,11-12,16H,2,7-10H2,1H3,(H,17,18). The maximum Gasteiger partial charge on any atom is 0.121 e. The van der Waals surface area contributed by atoms with E-state index in [1.54, 1.807) is 0 Å². The van der Waals surface area contributed by atoms with E-state index in [4.69, 9.17) is 4.74 Å². The first kappa shape index (κ1) is 12.6. The Hall–Kier alpha value is -1.39. The first-order valence-corrected chi connectivity index (χ1v) is 7.13. The molecule has 2 aromatic rings. The van der Waals surface area contributed by atoms with E-state index in [0.29, 0.717) is 12.1 Å². The van der Waals surface area contributed by atoms with Crippen LogP contribution in [0.3, 0.4) is 0 Å². The second kappa shape index (κ2) is 5.72. The molecule has 2 atom stereocenters. The van der Waals surface area contributed by atoms with Crippen LogP contribution in [0.25, 0.3) is 11.0 Å². The summed E-state index contributed by atoms with van der Waals surface area (Å²) in [4.78, 5) is 7.94. The van der Waals surface area contributed by atoms with Crippen molar-refractivity contribution < 1.29 is 4.74 Å². The number of H-pyrrole nitrogens is 1. The molecule has 1 aromatic carbocycles. The minimum atomic E-state index is 0.418. The minimum Gasteiger partial charge on any atom is -0.378 e. The van der Waals surface area contributed by atoms with E-state index in [-0.39, 0.29) is 0 Å². The number of imidazole rings is 1. The van der Waals surface area contributed by atoms with Crippen molar-refractivity contribution in [2.24, 2.45) is 0 Å². The van der Waals surface area contributed by atoms with Crippen LogP contribution in [0.15, 0.2) is 24.3 Å². The largest absolute Gasteiger partial charge is 0.378 e. The van der Waals surface area contributed by atoms with Crippen LogP contribution >= 0.6 is 0 Å². The lowest BCUT2D eigenvalue weighted by atomic mass is 10.0. The number of aromatic amines is 1. The normalized spacial score (nSPS) is 23.8. The number of rotatable bonds is 4. The summed E-state index contributed by atoms with van der Waals surface area (Å²) < 4.78 is 5.69. The topological polar surface area (TPSA) is 49.9 Å². The molecule has 1 aliphatic rings. The van der Waals surface area contributed by atoms with Crippen molar-refractivity contribution >= 4 is 11.0 Å². The number of para-hydroxylation sites is 2. The molecule has 1 aliphatic heterocycles. The number of hydrogen-bond acceptors (Lipinski definition) is 3. The average molecular weight is 259 g/mol. The van der Waals surface area contributed by atoms with Crippen molar-refractivity contribution in [1.82, 2.24) is 15.3 Å². The highest BCUT2D eigenvalue weighted by Gasteiger charge is 2.20. The van der Waals surface area contributed by atoms with Crippen LogP contribution in [0.4, 0.5) is 0 Å². The Bertz CT molecular complexity index is 504. The van der Waals surface area contributed by atoms with Crippen molar-refractivity contribution in [3.63, 3.8) is 0 Å². The maximum atomic E-state index is 5.69. The van der Waals surface area contributed by atoms with Gasteiger partial charge in [0.25, 0.3) is 0 Å². The van der Waals surface area contributed by atoms with Crippen molar-refractivity contribution in [2.45, 2.75) is 44.9 Å². The van der Waals surface area contributed by atoms with Gasteiger partial charge in [0.05, 0.1) is 23.7 Å². The molecule has 0 radical (unpaired) electrons. The quantitative estimate of drug-likeness (QED) is 0.887. The lowest BCUT2D eigenvalue weighted by molar-refractivity contribution is -0.000412. The predicted molar refractivity (Wildman–Crippen MR) is 76.0 cm³/mol. The third-order valence-corrected chi connectivity index (χ3v) is 3.82. The molecule has 1 aromatic heterocycles. The Kier molecular flexibility index (Phi) is 3.80. The molecule has 4 heteroatoms. The Morgan fingerprint density at radius 1 is 1.42 bits per heavy atom. The Balaban J connectivity index is 1.59. The van der Waals surface area contributed by atoms with Gasteiger partial charge in [-0.25, -0.2) is 4.98 Å². The third-order valence-electron chi connectivity index (χ3n) is 3.82. The highest BCUT2D eigenvalue weighted by atomic mass is 16.5. The number of aromatic nitrogens is 2. The van der Waals surface area contributed by atoms with Gasteiger partial charge in [-0.3, -0.25) is 0 Å². The number of nitrogens with zero attached hydrogens (tertiary/aromatic N) is 1. The van der Waals surface area contributed by atoms with Crippen LogP contribution in [0.5, 0.6) is 0 Å². The van der Waals surface area contributed by atoms with E-state index >= 15 is 0 Å². The third kappa shape index (κ3) is 2.96. The number of benzene rings is 1. The number of ether oxygens (including phenoxy) is 1. The zero-order chi connectivity index (χ0) is 13.1. The fourth-order valence-corrected chi connectivity index (χ4v) is 2.68. The molecule has 0 saturated carbocycles. The maximum absolute atomic E-state index is 5.69. The molecule has 1 saturated heterocycles. The van der Waals surface area contributed by atoms with Crippen molar-refractivity contribution in [1.29, 1.82) is 0 Å². The number of hydrogen-bond donors (Lipinski definition) is 2. The second-order valence-corrected chi connectivity index (χ2v) is 5.20. The van der Waals surface area contributed by atoms with E-state index in [1.807, 2.05) is 18.2 Å². The molecule has 102 valence electrons. The summed E-state index contributed by atoms with van der Waals surface area (Å²) in [5.74, 6) is 1.01. The molecule has 2 heterocycles. The molecule has 0 aliphatic carbocycles. The fourth-order valence-electron chi connectivity index (χ4n) is 2.68. The molecule has 3 rings (SSSR count). The van der Waals surface area contributed by atoms with Gasteiger partial charge >= 0.3 is 0 Å². The highest BCUT2D eigenvalue weighted by molar-refractivity contribution is 5.74. The van der Waals surface area contributed by atoms with Crippen LogP contribution in [-0.4, -0.2) is 28.7 Å². The summed E-state index contributed by atoms with van der Waals surface area (Å²) in [7, 11) is 0.